The number of hydrogen-bond acceptors (Lipinski definition) is 3. The highest BCUT2D eigenvalue weighted by Gasteiger charge is 2.22. The largest absolute Gasteiger partial charge is 0.497 e. The third-order valence-electron chi connectivity index (χ3n) is 4.10. The van der Waals surface area contributed by atoms with Gasteiger partial charge in [-0.3, -0.25) is 0 Å². The summed E-state index contributed by atoms with van der Waals surface area (Å²) in [6, 6.07) is 7.04. The second-order valence-corrected chi connectivity index (χ2v) is 6.50. The van der Waals surface area contributed by atoms with E-state index in [0.29, 0.717) is 6.04 Å². The van der Waals surface area contributed by atoms with Crippen molar-refractivity contribution < 1.29 is 4.74 Å². The maximum atomic E-state index is 5.34. The number of hydrogen-bond donors (Lipinski definition) is 1. The van der Waals surface area contributed by atoms with Crippen LogP contribution in [0.4, 0.5) is 0 Å². The van der Waals surface area contributed by atoms with Crippen LogP contribution in [0.3, 0.4) is 0 Å². The van der Waals surface area contributed by atoms with Gasteiger partial charge in [0.2, 0.25) is 0 Å². The molecular formula is C17H27NOS. The Morgan fingerprint density at radius 1 is 1.25 bits per heavy atom. The second kappa shape index (κ2) is 8.58. The van der Waals surface area contributed by atoms with E-state index in [0.717, 1.165) is 12.3 Å². The molecule has 0 bridgehead atoms. The lowest BCUT2D eigenvalue weighted by Gasteiger charge is -2.14. The molecule has 1 aromatic rings. The molecule has 3 heteroatoms. The van der Waals surface area contributed by atoms with Gasteiger partial charge in [-0.25, -0.2) is 0 Å². The summed E-state index contributed by atoms with van der Waals surface area (Å²) < 4.78 is 5.34. The molecule has 1 N–H and O–H groups in total. The number of methoxy groups -OCH3 is 1. The smallest absolute Gasteiger partial charge is 0.119 e. The van der Waals surface area contributed by atoms with Crippen LogP contribution in [0.5, 0.6) is 5.75 Å². The van der Waals surface area contributed by atoms with Gasteiger partial charge in [-0.1, -0.05) is 18.9 Å². The minimum atomic E-state index is 0.534. The minimum absolute atomic E-state index is 0.534. The molecule has 1 aliphatic rings. The summed E-state index contributed by atoms with van der Waals surface area (Å²) in [7, 11) is 1.74. The zero-order valence-corrected chi connectivity index (χ0v) is 13.6. The highest BCUT2D eigenvalue weighted by molar-refractivity contribution is 7.98. The minimum Gasteiger partial charge on any atom is -0.497 e. The molecule has 2 nitrogen and oxygen atoms in total. The molecule has 1 aromatic carbocycles. The normalized spacial score (nSPS) is 17.2. The van der Waals surface area contributed by atoms with Crippen molar-refractivity contribution in [3.8, 4) is 5.75 Å². The van der Waals surface area contributed by atoms with E-state index in [1.54, 1.807) is 7.11 Å². The summed E-state index contributed by atoms with van der Waals surface area (Å²) in [5.74, 6) is 2.29. The number of aryl methyl sites for hydroxylation is 1. The van der Waals surface area contributed by atoms with Crippen LogP contribution in [0, 0.1) is 0 Å². The van der Waals surface area contributed by atoms with Gasteiger partial charge in [-0.15, -0.1) is 0 Å². The van der Waals surface area contributed by atoms with Gasteiger partial charge in [0.05, 0.1) is 7.11 Å². The van der Waals surface area contributed by atoms with E-state index in [9.17, 15) is 0 Å². The van der Waals surface area contributed by atoms with Gasteiger partial charge in [0.25, 0.3) is 0 Å². The van der Waals surface area contributed by atoms with Gasteiger partial charge >= 0.3 is 0 Å². The summed E-state index contributed by atoms with van der Waals surface area (Å²) >= 11 is 1.95. The fourth-order valence-electron chi connectivity index (χ4n) is 2.92. The third kappa shape index (κ3) is 4.42. The van der Waals surface area contributed by atoms with Crippen molar-refractivity contribution in [1.82, 2.24) is 5.32 Å². The molecule has 1 unspecified atom stereocenters. The molecule has 0 amide bonds. The van der Waals surface area contributed by atoms with Crippen molar-refractivity contribution in [3.63, 3.8) is 0 Å². The van der Waals surface area contributed by atoms with Crippen molar-refractivity contribution >= 4 is 11.8 Å². The number of unbranched alkanes of at least 4 members (excludes halogenated alkanes) is 3. The zero-order valence-electron chi connectivity index (χ0n) is 12.8. The van der Waals surface area contributed by atoms with Crippen molar-refractivity contribution in [2.24, 2.45) is 0 Å². The quantitative estimate of drug-likeness (QED) is 0.690. The number of rotatable bonds is 9. The van der Waals surface area contributed by atoms with Crippen molar-refractivity contribution in [2.45, 2.75) is 44.6 Å². The van der Waals surface area contributed by atoms with Gasteiger partial charge in [-0.05, 0) is 67.5 Å². The topological polar surface area (TPSA) is 21.3 Å². The molecule has 2 rings (SSSR count). The first-order valence-electron chi connectivity index (χ1n) is 7.74. The highest BCUT2D eigenvalue weighted by atomic mass is 32.2. The van der Waals surface area contributed by atoms with Gasteiger partial charge in [0, 0.05) is 6.04 Å². The third-order valence-corrected chi connectivity index (χ3v) is 4.79. The van der Waals surface area contributed by atoms with Crippen LogP contribution in [0.1, 0.15) is 49.3 Å². The van der Waals surface area contributed by atoms with Crippen LogP contribution in [0.15, 0.2) is 18.2 Å². The summed E-state index contributed by atoms with van der Waals surface area (Å²) in [5, 5.41) is 3.72. The van der Waals surface area contributed by atoms with E-state index in [4.69, 9.17) is 4.74 Å². The lowest BCUT2D eigenvalue weighted by atomic mass is 10.1. The van der Waals surface area contributed by atoms with Gasteiger partial charge in [0.1, 0.15) is 5.75 Å². The van der Waals surface area contributed by atoms with E-state index in [1.165, 1.54) is 55.4 Å². The number of benzene rings is 1. The molecular weight excluding hydrogens is 266 g/mol. The molecule has 0 saturated carbocycles. The van der Waals surface area contributed by atoms with E-state index >= 15 is 0 Å². The van der Waals surface area contributed by atoms with Crippen molar-refractivity contribution in [2.75, 3.05) is 25.7 Å². The molecule has 0 aliphatic heterocycles. The fourth-order valence-corrected chi connectivity index (χ4v) is 3.41. The SMILES string of the molecule is COc1ccc2c(c1)C(NCCCCCCSC)CC2. The molecule has 0 saturated heterocycles. The molecule has 20 heavy (non-hydrogen) atoms. The predicted octanol–water partition coefficient (Wildman–Crippen LogP) is 4.20. The highest BCUT2D eigenvalue weighted by Crippen LogP contribution is 2.33. The standard InChI is InChI=1S/C17H27NOS/c1-19-15-9-7-14-8-10-17(16(14)13-15)18-11-5-3-4-6-12-20-2/h7,9,13,17-18H,3-6,8,10-12H2,1-2H3. The molecule has 0 fully saturated rings. The monoisotopic (exact) mass is 293 g/mol. The second-order valence-electron chi connectivity index (χ2n) is 5.52. The summed E-state index contributed by atoms with van der Waals surface area (Å²) in [6.45, 7) is 1.14. The Morgan fingerprint density at radius 3 is 2.90 bits per heavy atom. The first kappa shape index (κ1) is 15.7. The average molecular weight is 293 g/mol. The maximum Gasteiger partial charge on any atom is 0.119 e. The Kier molecular flexibility index (Phi) is 6.74. The molecule has 0 aromatic heterocycles. The Labute approximate surface area is 127 Å². The van der Waals surface area contributed by atoms with Crippen LogP contribution in [0.2, 0.25) is 0 Å². The number of nitrogens with one attached hydrogen (secondary N) is 1. The van der Waals surface area contributed by atoms with Crippen LogP contribution in [-0.2, 0) is 6.42 Å². The number of fused-ring (bicyclic) bond motifs is 1. The Balaban J connectivity index is 1.71. The van der Waals surface area contributed by atoms with E-state index in [2.05, 4.69) is 29.8 Å². The lowest BCUT2D eigenvalue weighted by Crippen LogP contribution is -2.20. The number of ether oxygens (including phenoxy) is 1. The van der Waals surface area contributed by atoms with Crippen LogP contribution in [0.25, 0.3) is 0 Å². The molecule has 0 radical (unpaired) electrons. The van der Waals surface area contributed by atoms with Crippen molar-refractivity contribution in [1.29, 1.82) is 0 Å². The first-order valence-corrected chi connectivity index (χ1v) is 9.13. The lowest BCUT2D eigenvalue weighted by molar-refractivity contribution is 0.413. The van der Waals surface area contributed by atoms with E-state index in [1.807, 2.05) is 11.8 Å². The Bertz CT molecular complexity index is 408. The van der Waals surface area contributed by atoms with Crippen LogP contribution < -0.4 is 10.1 Å². The summed E-state index contributed by atoms with van der Waals surface area (Å²) in [6.07, 6.45) is 10.0. The van der Waals surface area contributed by atoms with Gasteiger partial charge in [0.15, 0.2) is 0 Å². The zero-order chi connectivity index (χ0) is 14.2. The summed E-state index contributed by atoms with van der Waals surface area (Å²) in [5.41, 5.74) is 2.94. The van der Waals surface area contributed by atoms with Crippen LogP contribution in [-0.4, -0.2) is 25.7 Å². The Morgan fingerprint density at radius 2 is 2.10 bits per heavy atom. The first-order chi connectivity index (χ1) is 9.85. The van der Waals surface area contributed by atoms with Crippen LogP contribution >= 0.6 is 11.8 Å². The fraction of sp³-hybridized carbons (Fsp3) is 0.647. The maximum absolute atomic E-state index is 5.34. The van der Waals surface area contributed by atoms with E-state index in [-0.39, 0.29) is 0 Å². The van der Waals surface area contributed by atoms with Gasteiger partial charge in [-0.2, -0.15) is 11.8 Å². The molecule has 112 valence electrons. The molecule has 1 atom stereocenters. The average Bonchev–Trinajstić information content (AvgIpc) is 2.88. The summed E-state index contributed by atoms with van der Waals surface area (Å²) in [4.78, 5) is 0. The predicted molar refractivity (Wildman–Crippen MR) is 88.9 cm³/mol. The van der Waals surface area contributed by atoms with Gasteiger partial charge < -0.3 is 10.1 Å². The Hall–Kier alpha value is -0.670. The molecule has 1 aliphatic carbocycles. The number of thioether (sulfide) groups is 1. The van der Waals surface area contributed by atoms with E-state index < -0.39 is 0 Å². The van der Waals surface area contributed by atoms with Crippen molar-refractivity contribution in [3.05, 3.63) is 29.3 Å². The molecule has 0 heterocycles. The molecule has 0 spiro atoms.